The summed E-state index contributed by atoms with van der Waals surface area (Å²) in [6, 6.07) is 15.0. The number of anilines is 1. The SMILES string of the molecule is CCOC(=O)c1ccc(NS(=O)(=O)Cc2ccccc2)cc1. The largest absolute Gasteiger partial charge is 0.462 e. The number of rotatable bonds is 6. The van der Waals surface area contributed by atoms with E-state index in [0.29, 0.717) is 23.4 Å². The number of carbonyl (C=O) groups excluding carboxylic acids is 1. The van der Waals surface area contributed by atoms with E-state index in [-0.39, 0.29) is 5.75 Å². The summed E-state index contributed by atoms with van der Waals surface area (Å²) in [5.41, 5.74) is 1.50. The van der Waals surface area contributed by atoms with Crippen LogP contribution in [-0.4, -0.2) is 21.0 Å². The number of ether oxygens (including phenoxy) is 1. The second-order valence-corrected chi connectivity index (χ2v) is 6.37. The lowest BCUT2D eigenvalue weighted by atomic mass is 10.2. The number of benzene rings is 2. The first-order chi connectivity index (χ1) is 10.5. The van der Waals surface area contributed by atoms with Crippen LogP contribution in [0.3, 0.4) is 0 Å². The van der Waals surface area contributed by atoms with E-state index in [1.807, 2.05) is 6.07 Å². The molecule has 22 heavy (non-hydrogen) atoms. The first kappa shape index (κ1) is 16.0. The van der Waals surface area contributed by atoms with Gasteiger partial charge in [0.15, 0.2) is 0 Å². The highest BCUT2D eigenvalue weighted by Gasteiger charge is 2.12. The highest BCUT2D eigenvalue weighted by Crippen LogP contribution is 2.14. The maximum atomic E-state index is 12.1. The molecule has 0 spiro atoms. The van der Waals surface area contributed by atoms with Crippen molar-refractivity contribution in [1.29, 1.82) is 0 Å². The van der Waals surface area contributed by atoms with E-state index in [4.69, 9.17) is 4.74 Å². The van der Waals surface area contributed by atoms with E-state index < -0.39 is 16.0 Å². The van der Waals surface area contributed by atoms with Gasteiger partial charge in [0.2, 0.25) is 10.0 Å². The first-order valence-corrected chi connectivity index (χ1v) is 8.47. The number of nitrogens with one attached hydrogen (secondary N) is 1. The molecule has 2 rings (SSSR count). The van der Waals surface area contributed by atoms with E-state index in [9.17, 15) is 13.2 Å². The minimum absolute atomic E-state index is 0.104. The molecule has 0 atom stereocenters. The minimum Gasteiger partial charge on any atom is -0.462 e. The van der Waals surface area contributed by atoms with Crippen LogP contribution in [0.4, 0.5) is 5.69 Å². The van der Waals surface area contributed by atoms with Crippen LogP contribution in [0.2, 0.25) is 0 Å². The molecule has 0 unspecified atom stereocenters. The predicted octanol–water partition coefficient (Wildman–Crippen LogP) is 2.81. The Labute approximate surface area is 130 Å². The van der Waals surface area contributed by atoms with Gasteiger partial charge in [-0.2, -0.15) is 0 Å². The molecule has 0 saturated carbocycles. The normalized spacial score (nSPS) is 11.0. The van der Waals surface area contributed by atoms with E-state index in [2.05, 4.69) is 4.72 Å². The summed E-state index contributed by atoms with van der Waals surface area (Å²) < 4.78 is 31.5. The van der Waals surface area contributed by atoms with Crippen LogP contribution in [0.15, 0.2) is 54.6 Å². The fraction of sp³-hybridized carbons (Fsp3) is 0.188. The summed E-state index contributed by atoms with van der Waals surface area (Å²) in [5.74, 6) is -0.533. The van der Waals surface area contributed by atoms with Gasteiger partial charge in [0, 0.05) is 5.69 Å². The molecule has 0 aliphatic heterocycles. The maximum Gasteiger partial charge on any atom is 0.338 e. The van der Waals surface area contributed by atoms with Crippen LogP contribution in [-0.2, 0) is 20.5 Å². The van der Waals surface area contributed by atoms with Crippen LogP contribution in [0.25, 0.3) is 0 Å². The highest BCUT2D eigenvalue weighted by molar-refractivity contribution is 7.91. The molecule has 0 aromatic heterocycles. The summed E-state index contributed by atoms with van der Waals surface area (Å²) in [5, 5.41) is 0. The highest BCUT2D eigenvalue weighted by atomic mass is 32.2. The zero-order valence-corrected chi connectivity index (χ0v) is 13.0. The second-order valence-electron chi connectivity index (χ2n) is 4.64. The van der Waals surface area contributed by atoms with Crippen molar-refractivity contribution in [2.24, 2.45) is 0 Å². The van der Waals surface area contributed by atoms with Gasteiger partial charge in [-0.15, -0.1) is 0 Å². The molecule has 0 saturated heterocycles. The molecule has 2 aromatic carbocycles. The van der Waals surface area contributed by atoms with Crippen LogP contribution in [0.5, 0.6) is 0 Å². The van der Waals surface area contributed by atoms with Gasteiger partial charge in [0.25, 0.3) is 0 Å². The van der Waals surface area contributed by atoms with E-state index >= 15 is 0 Å². The molecule has 0 radical (unpaired) electrons. The van der Waals surface area contributed by atoms with E-state index in [1.54, 1.807) is 31.2 Å². The third-order valence-electron chi connectivity index (χ3n) is 2.87. The molecule has 0 amide bonds. The molecule has 0 heterocycles. The number of hydrogen-bond donors (Lipinski definition) is 1. The van der Waals surface area contributed by atoms with Gasteiger partial charge in [-0.05, 0) is 36.8 Å². The van der Waals surface area contributed by atoms with Crippen molar-refractivity contribution < 1.29 is 17.9 Å². The van der Waals surface area contributed by atoms with Gasteiger partial charge in [-0.3, -0.25) is 4.72 Å². The minimum atomic E-state index is -3.50. The predicted molar refractivity (Wildman–Crippen MR) is 85.1 cm³/mol. The Hall–Kier alpha value is -2.34. The van der Waals surface area contributed by atoms with Crippen molar-refractivity contribution in [3.8, 4) is 0 Å². The van der Waals surface area contributed by atoms with Gasteiger partial charge in [-0.25, -0.2) is 13.2 Å². The topological polar surface area (TPSA) is 72.5 Å². The van der Waals surface area contributed by atoms with Crippen LogP contribution < -0.4 is 4.72 Å². The van der Waals surface area contributed by atoms with E-state index in [1.165, 1.54) is 24.3 Å². The standard InChI is InChI=1S/C16H17NO4S/c1-2-21-16(18)14-8-10-15(11-9-14)17-22(19,20)12-13-6-4-3-5-7-13/h3-11,17H,2,12H2,1H3. The first-order valence-electron chi connectivity index (χ1n) is 6.82. The third-order valence-corrected chi connectivity index (χ3v) is 4.13. The Kier molecular flexibility index (Phi) is 5.16. The average Bonchev–Trinajstić information content (AvgIpc) is 2.48. The van der Waals surface area contributed by atoms with Crippen molar-refractivity contribution in [1.82, 2.24) is 0 Å². The van der Waals surface area contributed by atoms with Crippen LogP contribution in [0, 0.1) is 0 Å². The fourth-order valence-electron chi connectivity index (χ4n) is 1.90. The zero-order chi connectivity index (χ0) is 16.0. The Morgan fingerprint density at radius 3 is 2.27 bits per heavy atom. The van der Waals surface area contributed by atoms with Gasteiger partial charge in [-0.1, -0.05) is 30.3 Å². The van der Waals surface area contributed by atoms with Crippen molar-refractivity contribution >= 4 is 21.7 Å². The third kappa shape index (κ3) is 4.60. The number of carbonyl (C=O) groups is 1. The molecule has 0 aliphatic rings. The summed E-state index contributed by atoms with van der Waals surface area (Å²) in [6.45, 7) is 2.02. The molecule has 1 N–H and O–H groups in total. The molecule has 2 aromatic rings. The summed E-state index contributed by atoms with van der Waals surface area (Å²) in [4.78, 5) is 11.5. The Morgan fingerprint density at radius 2 is 1.68 bits per heavy atom. The van der Waals surface area contributed by atoms with Crippen molar-refractivity contribution in [3.63, 3.8) is 0 Å². The van der Waals surface area contributed by atoms with E-state index in [0.717, 1.165) is 0 Å². The molecule has 0 aliphatic carbocycles. The number of esters is 1. The lowest BCUT2D eigenvalue weighted by Gasteiger charge is -2.09. The Morgan fingerprint density at radius 1 is 1.05 bits per heavy atom. The molecular formula is C16H17NO4S. The van der Waals surface area contributed by atoms with Crippen molar-refractivity contribution in [3.05, 3.63) is 65.7 Å². The monoisotopic (exact) mass is 319 g/mol. The Balaban J connectivity index is 2.05. The van der Waals surface area contributed by atoms with Crippen molar-refractivity contribution in [2.75, 3.05) is 11.3 Å². The molecule has 116 valence electrons. The van der Waals surface area contributed by atoms with Gasteiger partial charge < -0.3 is 4.74 Å². The average molecular weight is 319 g/mol. The lowest BCUT2D eigenvalue weighted by molar-refractivity contribution is 0.0526. The van der Waals surface area contributed by atoms with Crippen molar-refractivity contribution in [2.45, 2.75) is 12.7 Å². The quantitative estimate of drug-likeness (QED) is 0.831. The smallest absolute Gasteiger partial charge is 0.338 e. The van der Waals surface area contributed by atoms with Gasteiger partial charge in [0.05, 0.1) is 17.9 Å². The number of hydrogen-bond acceptors (Lipinski definition) is 4. The molecule has 0 fully saturated rings. The second kappa shape index (κ2) is 7.09. The summed E-state index contributed by atoms with van der Waals surface area (Å²) in [6.07, 6.45) is 0. The molecular weight excluding hydrogens is 302 g/mol. The lowest BCUT2D eigenvalue weighted by Crippen LogP contribution is -2.15. The maximum absolute atomic E-state index is 12.1. The molecule has 5 nitrogen and oxygen atoms in total. The Bertz CT molecular complexity index is 725. The van der Waals surface area contributed by atoms with Gasteiger partial charge >= 0.3 is 5.97 Å². The molecule has 6 heteroatoms. The summed E-state index contributed by atoms with van der Waals surface area (Å²) >= 11 is 0. The number of sulfonamides is 1. The zero-order valence-electron chi connectivity index (χ0n) is 12.2. The fourth-order valence-corrected chi connectivity index (χ4v) is 3.10. The van der Waals surface area contributed by atoms with Crippen LogP contribution >= 0.6 is 0 Å². The summed E-state index contributed by atoms with van der Waals surface area (Å²) in [7, 11) is -3.50. The van der Waals surface area contributed by atoms with Gasteiger partial charge in [0.1, 0.15) is 0 Å². The van der Waals surface area contributed by atoms with Crippen LogP contribution in [0.1, 0.15) is 22.8 Å². The molecule has 0 bridgehead atoms.